The Hall–Kier alpha value is -3.29. The van der Waals surface area contributed by atoms with Crippen LogP contribution in [0.4, 0.5) is 11.4 Å². The number of anilines is 1. The summed E-state index contributed by atoms with van der Waals surface area (Å²) in [4.78, 5) is 22.6. The van der Waals surface area contributed by atoms with Crippen LogP contribution in [0, 0.1) is 10.1 Å². The SMILES string of the molecule is O=C(COc1ccccc1[N+](=O)[O-])Nc1ccc2c(c1)OC1(CCCCC1)O2. The topological polar surface area (TPSA) is 99.9 Å². The molecule has 2 aromatic rings. The summed E-state index contributed by atoms with van der Waals surface area (Å²) in [6.45, 7) is -0.344. The van der Waals surface area contributed by atoms with Crippen LogP contribution in [0.2, 0.25) is 0 Å². The van der Waals surface area contributed by atoms with Crippen LogP contribution in [-0.2, 0) is 4.79 Å². The molecule has 1 aliphatic heterocycles. The molecule has 0 unspecified atom stereocenters. The molecule has 1 spiro atoms. The average molecular weight is 384 g/mol. The molecule has 2 aliphatic rings. The van der Waals surface area contributed by atoms with Gasteiger partial charge in [0.1, 0.15) is 0 Å². The predicted molar refractivity (Wildman–Crippen MR) is 101 cm³/mol. The van der Waals surface area contributed by atoms with E-state index in [1.165, 1.54) is 24.6 Å². The van der Waals surface area contributed by atoms with Crippen molar-refractivity contribution in [3.63, 3.8) is 0 Å². The van der Waals surface area contributed by atoms with Crippen LogP contribution < -0.4 is 19.5 Å². The van der Waals surface area contributed by atoms with Gasteiger partial charge >= 0.3 is 5.69 Å². The first kappa shape index (κ1) is 18.1. The Balaban J connectivity index is 1.38. The second-order valence-electron chi connectivity index (χ2n) is 6.90. The first-order valence-electron chi connectivity index (χ1n) is 9.23. The van der Waals surface area contributed by atoms with Gasteiger partial charge in [0.25, 0.3) is 11.7 Å². The molecule has 0 bridgehead atoms. The van der Waals surface area contributed by atoms with Crippen molar-refractivity contribution in [2.24, 2.45) is 0 Å². The molecule has 8 heteroatoms. The molecule has 0 saturated heterocycles. The van der Waals surface area contributed by atoms with Crippen LogP contribution in [0.15, 0.2) is 42.5 Å². The molecule has 0 aromatic heterocycles. The molecule has 0 radical (unpaired) electrons. The number of carbonyl (C=O) groups excluding carboxylic acids is 1. The number of carbonyl (C=O) groups is 1. The molecule has 2 aromatic carbocycles. The number of ether oxygens (including phenoxy) is 3. The van der Waals surface area contributed by atoms with Gasteiger partial charge in [-0.25, -0.2) is 0 Å². The summed E-state index contributed by atoms with van der Waals surface area (Å²) < 4.78 is 17.4. The molecule has 1 fully saturated rings. The largest absolute Gasteiger partial charge is 0.477 e. The Morgan fingerprint density at radius 2 is 1.86 bits per heavy atom. The van der Waals surface area contributed by atoms with E-state index in [1.807, 2.05) is 0 Å². The lowest BCUT2D eigenvalue weighted by Gasteiger charge is -2.31. The number of hydrogen-bond donors (Lipinski definition) is 1. The number of hydrogen-bond acceptors (Lipinski definition) is 6. The minimum Gasteiger partial charge on any atom is -0.477 e. The number of amides is 1. The second-order valence-corrected chi connectivity index (χ2v) is 6.90. The molecular weight excluding hydrogens is 364 g/mol. The summed E-state index contributed by atoms with van der Waals surface area (Å²) in [5.74, 6) is 0.339. The van der Waals surface area contributed by atoms with Gasteiger partial charge in [0.05, 0.1) is 4.92 Å². The highest BCUT2D eigenvalue weighted by Crippen LogP contribution is 2.46. The zero-order chi connectivity index (χ0) is 19.6. The van der Waals surface area contributed by atoms with Crippen molar-refractivity contribution in [1.29, 1.82) is 0 Å². The first-order chi connectivity index (χ1) is 13.5. The van der Waals surface area contributed by atoms with Crippen molar-refractivity contribution in [2.45, 2.75) is 37.9 Å². The number of benzene rings is 2. The number of nitro benzene ring substituents is 1. The minimum absolute atomic E-state index is 0.0487. The zero-order valence-corrected chi connectivity index (χ0v) is 15.2. The highest BCUT2D eigenvalue weighted by Gasteiger charge is 2.42. The normalized spacial score (nSPS) is 16.6. The van der Waals surface area contributed by atoms with E-state index in [0.29, 0.717) is 17.2 Å². The molecule has 4 rings (SSSR count). The van der Waals surface area contributed by atoms with Gasteiger partial charge in [0.15, 0.2) is 23.9 Å². The van der Waals surface area contributed by atoms with E-state index in [2.05, 4.69) is 5.32 Å². The van der Waals surface area contributed by atoms with E-state index >= 15 is 0 Å². The Morgan fingerprint density at radius 1 is 1.11 bits per heavy atom. The summed E-state index contributed by atoms with van der Waals surface area (Å²) in [6.07, 6.45) is 5.03. The van der Waals surface area contributed by atoms with Gasteiger partial charge < -0.3 is 19.5 Å². The van der Waals surface area contributed by atoms with Gasteiger partial charge in [-0.2, -0.15) is 0 Å². The van der Waals surface area contributed by atoms with E-state index in [9.17, 15) is 14.9 Å². The third-order valence-electron chi connectivity index (χ3n) is 4.86. The Morgan fingerprint density at radius 3 is 2.64 bits per heavy atom. The maximum atomic E-state index is 12.2. The van der Waals surface area contributed by atoms with Gasteiger partial charge in [-0.15, -0.1) is 0 Å². The molecule has 1 saturated carbocycles. The van der Waals surface area contributed by atoms with Crippen LogP contribution in [0.3, 0.4) is 0 Å². The molecular formula is C20H20N2O6. The molecule has 1 N–H and O–H groups in total. The number of nitrogens with one attached hydrogen (secondary N) is 1. The van der Waals surface area contributed by atoms with Crippen molar-refractivity contribution in [3.8, 4) is 17.2 Å². The zero-order valence-electron chi connectivity index (χ0n) is 15.2. The van der Waals surface area contributed by atoms with E-state index in [-0.39, 0.29) is 18.0 Å². The minimum atomic E-state index is -0.571. The third-order valence-corrected chi connectivity index (χ3v) is 4.86. The summed E-state index contributed by atoms with van der Waals surface area (Å²) >= 11 is 0. The average Bonchev–Trinajstić information content (AvgIpc) is 3.03. The smallest absolute Gasteiger partial charge is 0.310 e. The van der Waals surface area contributed by atoms with Crippen LogP contribution in [0.25, 0.3) is 0 Å². The van der Waals surface area contributed by atoms with E-state index < -0.39 is 16.6 Å². The lowest BCUT2D eigenvalue weighted by Crippen LogP contribution is -2.40. The highest BCUT2D eigenvalue weighted by molar-refractivity contribution is 5.92. The quantitative estimate of drug-likeness (QED) is 0.617. The van der Waals surface area contributed by atoms with Crippen molar-refractivity contribution in [3.05, 3.63) is 52.6 Å². The van der Waals surface area contributed by atoms with Crippen molar-refractivity contribution in [2.75, 3.05) is 11.9 Å². The Kier molecular flexibility index (Phi) is 4.77. The molecule has 146 valence electrons. The Bertz CT molecular complexity index is 907. The van der Waals surface area contributed by atoms with Crippen molar-refractivity contribution < 1.29 is 23.9 Å². The molecule has 1 amide bonds. The number of nitrogens with zero attached hydrogens (tertiary/aromatic N) is 1. The lowest BCUT2D eigenvalue weighted by molar-refractivity contribution is -0.385. The fraction of sp³-hybridized carbons (Fsp3) is 0.350. The van der Waals surface area contributed by atoms with Crippen LogP contribution >= 0.6 is 0 Å². The summed E-state index contributed by atoms with van der Waals surface area (Å²) in [5.41, 5.74) is 0.363. The maximum absolute atomic E-state index is 12.2. The number of nitro groups is 1. The van der Waals surface area contributed by atoms with Gasteiger partial charge in [0.2, 0.25) is 0 Å². The lowest BCUT2D eigenvalue weighted by atomic mass is 9.94. The standard InChI is InChI=1S/C20H20N2O6/c23-19(13-26-16-7-3-2-6-15(16)22(24)25)21-14-8-9-17-18(12-14)28-20(27-17)10-4-1-5-11-20/h2-3,6-9,12H,1,4-5,10-11,13H2,(H,21,23). The van der Waals surface area contributed by atoms with Gasteiger partial charge in [-0.1, -0.05) is 18.6 Å². The van der Waals surface area contributed by atoms with Crippen molar-refractivity contribution in [1.82, 2.24) is 0 Å². The van der Waals surface area contributed by atoms with Gasteiger partial charge in [-0.3, -0.25) is 14.9 Å². The number of fused-ring (bicyclic) bond motifs is 1. The fourth-order valence-electron chi connectivity index (χ4n) is 3.54. The van der Waals surface area contributed by atoms with E-state index in [4.69, 9.17) is 14.2 Å². The predicted octanol–water partition coefficient (Wildman–Crippen LogP) is 4.04. The monoisotopic (exact) mass is 384 g/mol. The molecule has 28 heavy (non-hydrogen) atoms. The molecule has 0 atom stereocenters. The van der Waals surface area contributed by atoms with Gasteiger partial charge in [0, 0.05) is 30.7 Å². The first-order valence-corrected chi connectivity index (χ1v) is 9.23. The fourth-order valence-corrected chi connectivity index (χ4v) is 3.54. The molecule has 1 aliphatic carbocycles. The third kappa shape index (κ3) is 3.71. The molecule has 8 nitrogen and oxygen atoms in total. The summed E-state index contributed by atoms with van der Waals surface area (Å²) in [5, 5.41) is 13.7. The van der Waals surface area contributed by atoms with Crippen molar-refractivity contribution >= 4 is 17.3 Å². The summed E-state index contributed by atoms with van der Waals surface area (Å²) in [7, 11) is 0. The second kappa shape index (κ2) is 7.38. The number of para-hydroxylation sites is 2. The van der Waals surface area contributed by atoms with Crippen LogP contribution in [0.1, 0.15) is 32.1 Å². The van der Waals surface area contributed by atoms with Gasteiger partial charge in [-0.05, 0) is 31.0 Å². The number of rotatable bonds is 5. The van der Waals surface area contributed by atoms with Crippen LogP contribution in [0.5, 0.6) is 17.2 Å². The van der Waals surface area contributed by atoms with Crippen LogP contribution in [-0.4, -0.2) is 23.2 Å². The molecule has 1 heterocycles. The Labute approximate surface area is 161 Å². The summed E-state index contributed by atoms with van der Waals surface area (Å²) in [6, 6.07) is 11.2. The van der Waals surface area contributed by atoms with E-state index in [0.717, 1.165) is 25.7 Å². The maximum Gasteiger partial charge on any atom is 0.310 e. The highest BCUT2D eigenvalue weighted by atomic mass is 16.7. The van der Waals surface area contributed by atoms with E-state index in [1.54, 1.807) is 24.3 Å².